The summed E-state index contributed by atoms with van der Waals surface area (Å²) < 4.78 is 27.6. The van der Waals surface area contributed by atoms with Gasteiger partial charge in [0, 0.05) is 13.5 Å². The molecule has 1 unspecified atom stereocenters. The summed E-state index contributed by atoms with van der Waals surface area (Å²) in [6, 6.07) is 11.4. The van der Waals surface area contributed by atoms with E-state index >= 15 is 0 Å². The van der Waals surface area contributed by atoms with Crippen molar-refractivity contribution in [1.82, 2.24) is 9.88 Å². The van der Waals surface area contributed by atoms with Crippen molar-refractivity contribution >= 4 is 27.5 Å². The standard InChI is InChI=1S/C20H20F2N2OS/c1-13(14-10-11-15(21)16(22)12-14)24(2)20(25)9-5-8-19-23-17-6-3-4-7-18(17)26-19/h3-4,6-7,10-13H,5,8-9H2,1-2H3. The minimum Gasteiger partial charge on any atom is -0.339 e. The highest BCUT2D eigenvalue weighted by Gasteiger charge is 2.18. The summed E-state index contributed by atoms with van der Waals surface area (Å²) in [7, 11) is 1.69. The van der Waals surface area contributed by atoms with Gasteiger partial charge in [0.2, 0.25) is 5.91 Å². The lowest BCUT2D eigenvalue weighted by Crippen LogP contribution is -2.29. The monoisotopic (exact) mass is 374 g/mol. The number of carbonyl (C=O) groups is 1. The van der Waals surface area contributed by atoms with Gasteiger partial charge in [-0.2, -0.15) is 0 Å². The summed E-state index contributed by atoms with van der Waals surface area (Å²) in [4.78, 5) is 18.6. The summed E-state index contributed by atoms with van der Waals surface area (Å²) >= 11 is 1.65. The first kappa shape index (κ1) is 18.5. The number of aromatic nitrogens is 1. The molecule has 0 aliphatic heterocycles. The molecular formula is C20H20F2N2OS. The molecule has 0 N–H and O–H groups in total. The van der Waals surface area contributed by atoms with Crippen LogP contribution in [0.4, 0.5) is 8.78 Å². The molecule has 1 aromatic heterocycles. The average Bonchev–Trinajstić information content (AvgIpc) is 3.05. The molecule has 0 aliphatic carbocycles. The van der Waals surface area contributed by atoms with E-state index in [1.165, 1.54) is 6.07 Å². The Hall–Kier alpha value is -2.34. The van der Waals surface area contributed by atoms with Crippen molar-refractivity contribution in [3.63, 3.8) is 0 Å². The maximum atomic E-state index is 13.4. The van der Waals surface area contributed by atoms with E-state index < -0.39 is 11.6 Å². The van der Waals surface area contributed by atoms with E-state index in [1.807, 2.05) is 24.3 Å². The molecule has 0 fully saturated rings. The summed E-state index contributed by atoms with van der Waals surface area (Å²) in [6.07, 6.45) is 1.84. The smallest absolute Gasteiger partial charge is 0.222 e. The third-order valence-corrected chi connectivity index (χ3v) is 5.62. The number of nitrogens with zero attached hydrogens (tertiary/aromatic N) is 2. The summed E-state index contributed by atoms with van der Waals surface area (Å²) in [5.74, 6) is -1.81. The van der Waals surface area contributed by atoms with Crippen molar-refractivity contribution in [2.24, 2.45) is 0 Å². The van der Waals surface area contributed by atoms with Crippen LogP contribution in [0.5, 0.6) is 0 Å². The molecule has 3 rings (SSSR count). The van der Waals surface area contributed by atoms with Gasteiger partial charge in [0.25, 0.3) is 0 Å². The van der Waals surface area contributed by atoms with E-state index in [2.05, 4.69) is 4.98 Å². The number of rotatable bonds is 6. The van der Waals surface area contributed by atoms with Crippen LogP contribution >= 0.6 is 11.3 Å². The second-order valence-corrected chi connectivity index (χ2v) is 7.40. The topological polar surface area (TPSA) is 33.2 Å². The maximum Gasteiger partial charge on any atom is 0.222 e. The van der Waals surface area contributed by atoms with Gasteiger partial charge in [-0.15, -0.1) is 11.3 Å². The maximum absolute atomic E-state index is 13.4. The van der Waals surface area contributed by atoms with Crippen LogP contribution in [-0.2, 0) is 11.2 Å². The van der Waals surface area contributed by atoms with E-state index in [-0.39, 0.29) is 11.9 Å². The van der Waals surface area contributed by atoms with Gasteiger partial charge in [-0.05, 0) is 49.6 Å². The third kappa shape index (κ3) is 4.07. The highest BCUT2D eigenvalue weighted by Crippen LogP contribution is 2.24. The molecule has 3 aromatic rings. The lowest BCUT2D eigenvalue weighted by Gasteiger charge is -2.25. The van der Waals surface area contributed by atoms with Crippen molar-refractivity contribution in [2.45, 2.75) is 32.2 Å². The normalized spacial score (nSPS) is 12.3. The Morgan fingerprint density at radius 2 is 1.96 bits per heavy atom. The fraction of sp³-hybridized carbons (Fsp3) is 0.300. The van der Waals surface area contributed by atoms with Gasteiger partial charge in [0.05, 0.1) is 21.3 Å². The Balaban J connectivity index is 1.55. The number of aryl methyl sites for hydroxylation is 1. The largest absolute Gasteiger partial charge is 0.339 e. The van der Waals surface area contributed by atoms with Gasteiger partial charge >= 0.3 is 0 Å². The number of hydrogen-bond acceptors (Lipinski definition) is 3. The second kappa shape index (κ2) is 7.91. The number of para-hydroxylation sites is 1. The molecule has 0 spiro atoms. The fourth-order valence-electron chi connectivity index (χ4n) is 2.81. The third-order valence-electron chi connectivity index (χ3n) is 4.52. The zero-order chi connectivity index (χ0) is 18.7. The number of benzene rings is 2. The Labute approximate surface area is 155 Å². The quantitative estimate of drug-likeness (QED) is 0.600. The van der Waals surface area contributed by atoms with Gasteiger partial charge < -0.3 is 4.90 Å². The Morgan fingerprint density at radius 1 is 1.19 bits per heavy atom. The van der Waals surface area contributed by atoms with Gasteiger partial charge in [-0.25, -0.2) is 13.8 Å². The van der Waals surface area contributed by atoms with Crippen LogP contribution in [0.15, 0.2) is 42.5 Å². The molecule has 3 nitrogen and oxygen atoms in total. The molecule has 1 amide bonds. The predicted octanol–water partition coefficient (Wildman–Crippen LogP) is 5.12. The van der Waals surface area contributed by atoms with Crippen molar-refractivity contribution in [1.29, 1.82) is 0 Å². The first-order chi connectivity index (χ1) is 12.5. The van der Waals surface area contributed by atoms with E-state index in [0.717, 1.165) is 33.8 Å². The number of halogens is 2. The Morgan fingerprint density at radius 3 is 2.69 bits per heavy atom. The molecular weight excluding hydrogens is 354 g/mol. The first-order valence-corrected chi connectivity index (χ1v) is 9.32. The average molecular weight is 374 g/mol. The van der Waals surface area contributed by atoms with Crippen LogP contribution < -0.4 is 0 Å². The van der Waals surface area contributed by atoms with Crippen LogP contribution in [0.25, 0.3) is 10.2 Å². The van der Waals surface area contributed by atoms with E-state index in [0.29, 0.717) is 18.4 Å². The number of hydrogen-bond donors (Lipinski definition) is 0. The minimum atomic E-state index is -0.897. The SMILES string of the molecule is CC(c1ccc(F)c(F)c1)N(C)C(=O)CCCc1nc2ccccc2s1. The van der Waals surface area contributed by atoms with Crippen LogP contribution in [0.1, 0.15) is 36.4 Å². The van der Waals surface area contributed by atoms with Crippen LogP contribution in [0.2, 0.25) is 0 Å². The van der Waals surface area contributed by atoms with Gasteiger partial charge in [-0.3, -0.25) is 4.79 Å². The molecule has 6 heteroatoms. The van der Waals surface area contributed by atoms with Crippen LogP contribution in [-0.4, -0.2) is 22.8 Å². The highest BCUT2D eigenvalue weighted by molar-refractivity contribution is 7.18. The number of fused-ring (bicyclic) bond motifs is 1. The van der Waals surface area contributed by atoms with Gasteiger partial charge in [-0.1, -0.05) is 18.2 Å². The highest BCUT2D eigenvalue weighted by atomic mass is 32.1. The fourth-order valence-corrected chi connectivity index (χ4v) is 3.81. The molecule has 0 radical (unpaired) electrons. The first-order valence-electron chi connectivity index (χ1n) is 8.51. The molecule has 136 valence electrons. The lowest BCUT2D eigenvalue weighted by molar-refractivity contribution is -0.131. The van der Waals surface area contributed by atoms with E-state index in [4.69, 9.17) is 0 Å². The predicted molar refractivity (Wildman–Crippen MR) is 100 cm³/mol. The molecule has 26 heavy (non-hydrogen) atoms. The molecule has 1 heterocycles. The Bertz CT molecular complexity index is 892. The van der Waals surface area contributed by atoms with Crippen molar-refractivity contribution in [3.05, 3.63) is 64.7 Å². The lowest BCUT2D eigenvalue weighted by atomic mass is 10.1. The van der Waals surface area contributed by atoms with E-state index in [1.54, 1.807) is 30.2 Å². The molecule has 0 aliphatic rings. The Kier molecular flexibility index (Phi) is 5.61. The molecule has 0 saturated carbocycles. The number of amides is 1. The summed E-state index contributed by atoms with van der Waals surface area (Å²) in [6.45, 7) is 1.80. The molecule has 2 aromatic carbocycles. The summed E-state index contributed by atoms with van der Waals surface area (Å²) in [5, 5.41) is 1.02. The summed E-state index contributed by atoms with van der Waals surface area (Å²) in [5.41, 5.74) is 1.56. The van der Waals surface area contributed by atoms with Crippen LogP contribution in [0.3, 0.4) is 0 Å². The van der Waals surface area contributed by atoms with Gasteiger partial charge in [0.1, 0.15) is 0 Å². The van der Waals surface area contributed by atoms with Crippen molar-refractivity contribution in [3.8, 4) is 0 Å². The second-order valence-electron chi connectivity index (χ2n) is 6.28. The zero-order valence-electron chi connectivity index (χ0n) is 14.7. The van der Waals surface area contributed by atoms with Crippen LogP contribution in [0, 0.1) is 11.6 Å². The number of carbonyl (C=O) groups excluding carboxylic acids is 1. The molecule has 0 saturated heterocycles. The van der Waals surface area contributed by atoms with Crippen molar-refractivity contribution < 1.29 is 13.6 Å². The molecule has 0 bridgehead atoms. The van der Waals surface area contributed by atoms with Crippen molar-refractivity contribution in [2.75, 3.05) is 7.05 Å². The van der Waals surface area contributed by atoms with E-state index in [9.17, 15) is 13.6 Å². The number of thiazole rings is 1. The van der Waals surface area contributed by atoms with Gasteiger partial charge in [0.15, 0.2) is 11.6 Å². The molecule has 1 atom stereocenters. The zero-order valence-corrected chi connectivity index (χ0v) is 15.5. The minimum absolute atomic E-state index is 0.0247.